The third-order valence-corrected chi connectivity index (χ3v) is 3.84. The van der Waals surface area contributed by atoms with Crippen LogP contribution in [0.3, 0.4) is 0 Å². The van der Waals surface area contributed by atoms with Crippen LogP contribution in [-0.2, 0) is 4.74 Å². The van der Waals surface area contributed by atoms with Gasteiger partial charge >= 0.3 is 5.97 Å². The van der Waals surface area contributed by atoms with Crippen molar-refractivity contribution in [3.05, 3.63) is 59.4 Å². The minimum absolute atomic E-state index is 0.133. The van der Waals surface area contributed by atoms with Gasteiger partial charge in [-0.05, 0) is 42.8 Å². The molecule has 1 heterocycles. The molecule has 0 aliphatic heterocycles. The molecule has 0 spiro atoms. The molecule has 0 radical (unpaired) electrons. The molecule has 0 saturated heterocycles. The van der Waals surface area contributed by atoms with Crippen LogP contribution in [0.4, 0.5) is 5.69 Å². The summed E-state index contributed by atoms with van der Waals surface area (Å²) in [7, 11) is 1.30. The van der Waals surface area contributed by atoms with E-state index in [-0.39, 0.29) is 17.3 Å². The molecule has 0 unspecified atom stereocenters. The Morgan fingerprint density at radius 2 is 1.63 bits per heavy atom. The van der Waals surface area contributed by atoms with Crippen LogP contribution in [0.5, 0.6) is 0 Å². The Balaban J connectivity index is 2.00. The Kier molecular flexibility index (Phi) is 7.49. The van der Waals surface area contributed by atoms with Crippen LogP contribution in [-0.4, -0.2) is 36.4 Å². The highest BCUT2D eigenvalue weighted by Crippen LogP contribution is 2.12. The highest BCUT2D eigenvalue weighted by atomic mass is 16.5. The number of esters is 1. The number of carbonyl (C=O) groups excluding carboxylic acids is 3. The lowest BCUT2D eigenvalue weighted by Gasteiger charge is -2.08. The van der Waals surface area contributed by atoms with Crippen molar-refractivity contribution in [3.63, 3.8) is 0 Å². The Morgan fingerprint density at radius 1 is 0.963 bits per heavy atom. The number of hydrogen-bond donors (Lipinski definition) is 2. The minimum atomic E-state index is -0.452. The topological polar surface area (TPSA) is 97.4 Å². The van der Waals surface area contributed by atoms with E-state index in [1.165, 1.54) is 13.2 Å². The number of benzene rings is 1. The number of pyridine rings is 1. The standard InChI is InChI=1S/C20H23N3O4/c1-3-4-5-13-21-18(24)16-7-6-8-17(23-16)19(25)22-15-11-9-14(10-12-15)20(26)27-2/h6-12H,3-5,13H2,1-2H3,(H,21,24)(H,22,25). The number of nitrogens with one attached hydrogen (secondary N) is 2. The average Bonchev–Trinajstić information content (AvgIpc) is 2.71. The van der Waals surface area contributed by atoms with Crippen LogP contribution in [0.25, 0.3) is 0 Å². The van der Waals surface area contributed by atoms with Crippen molar-refractivity contribution >= 4 is 23.5 Å². The van der Waals surface area contributed by atoms with Gasteiger partial charge in [-0.25, -0.2) is 9.78 Å². The molecular weight excluding hydrogens is 346 g/mol. The molecule has 0 aliphatic rings. The normalized spacial score (nSPS) is 10.1. The monoisotopic (exact) mass is 369 g/mol. The molecule has 1 aromatic carbocycles. The maximum Gasteiger partial charge on any atom is 0.337 e. The fourth-order valence-corrected chi connectivity index (χ4v) is 2.36. The van der Waals surface area contributed by atoms with Crippen molar-refractivity contribution in [3.8, 4) is 0 Å². The van der Waals surface area contributed by atoms with Gasteiger partial charge in [0.15, 0.2) is 0 Å². The number of amides is 2. The fraction of sp³-hybridized carbons (Fsp3) is 0.300. The van der Waals surface area contributed by atoms with E-state index < -0.39 is 11.9 Å². The van der Waals surface area contributed by atoms with Gasteiger partial charge in [0.1, 0.15) is 11.4 Å². The predicted octanol–water partition coefficient (Wildman–Crippen LogP) is 3.04. The van der Waals surface area contributed by atoms with Crippen LogP contribution in [0.15, 0.2) is 42.5 Å². The van der Waals surface area contributed by atoms with E-state index in [0.717, 1.165) is 19.3 Å². The SMILES string of the molecule is CCCCCNC(=O)c1cccc(C(=O)Nc2ccc(C(=O)OC)cc2)n1. The molecule has 7 heteroatoms. The molecule has 0 saturated carbocycles. The largest absolute Gasteiger partial charge is 0.465 e. The van der Waals surface area contributed by atoms with E-state index in [4.69, 9.17) is 0 Å². The van der Waals surface area contributed by atoms with Gasteiger partial charge in [0.2, 0.25) is 0 Å². The molecular formula is C20H23N3O4. The molecule has 2 rings (SSSR count). The number of rotatable bonds is 8. The second kappa shape index (κ2) is 10.1. The molecule has 0 aliphatic carbocycles. The smallest absolute Gasteiger partial charge is 0.337 e. The van der Waals surface area contributed by atoms with Crippen molar-refractivity contribution in [1.82, 2.24) is 10.3 Å². The van der Waals surface area contributed by atoms with Gasteiger partial charge in [-0.3, -0.25) is 9.59 Å². The molecule has 7 nitrogen and oxygen atoms in total. The second-order valence-corrected chi connectivity index (χ2v) is 5.89. The summed E-state index contributed by atoms with van der Waals surface area (Å²) in [5, 5.41) is 5.48. The Bertz CT molecular complexity index is 803. The van der Waals surface area contributed by atoms with E-state index in [1.54, 1.807) is 36.4 Å². The summed E-state index contributed by atoms with van der Waals surface area (Å²) >= 11 is 0. The van der Waals surface area contributed by atoms with E-state index >= 15 is 0 Å². The summed E-state index contributed by atoms with van der Waals surface area (Å²) in [5.74, 6) is -1.20. The third kappa shape index (κ3) is 5.91. The number of methoxy groups -OCH3 is 1. The summed E-state index contributed by atoms with van der Waals surface area (Å²) in [6.07, 6.45) is 3.03. The van der Waals surface area contributed by atoms with Gasteiger partial charge in [-0.2, -0.15) is 0 Å². The summed E-state index contributed by atoms with van der Waals surface area (Å²) < 4.78 is 4.63. The lowest BCUT2D eigenvalue weighted by atomic mass is 10.2. The first kappa shape index (κ1) is 20.1. The minimum Gasteiger partial charge on any atom is -0.465 e. The quantitative estimate of drug-likeness (QED) is 0.551. The van der Waals surface area contributed by atoms with Gasteiger partial charge < -0.3 is 15.4 Å². The molecule has 2 amide bonds. The highest BCUT2D eigenvalue weighted by Gasteiger charge is 2.13. The zero-order chi connectivity index (χ0) is 19.6. The Morgan fingerprint density at radius 3 is 2.26 bits per heavy atom. The van der Waals surface area contributed by atoms with E-state index in [9.17, 15) is 14.4 Å². The zero-order valence-electron chi connectivity index (χ0n) is 15.5. The number of aromatic nitrogens is 1. The third-order valence-electron chi connectivity index (χ3n) is 3.84. The lowest BCUT2D eigenvalue weighted by molar-refractivity contribution is 0.0600. The Hall–Kier alpha value is -3.22. The number of ether oxygens (including phenoxy) is 1. The Labute approximate surface area is 158 Å². The molecule has 2 aromatic rings. The number of nitrogens with zero attached hydrogens (tertiary/aromatic N) is 1. The van der Waals surface area contributed by atoms with Crippen LogP contribution in [0.2, 0.25) is 0 Å². The summed E-state index contributed by atoms with van der Waals surface area (Å²) in [6.45, 7) is 2.67. The second-order valence-electron chi connectivity index (χ2n) is 5.89. The van der Waals surface area contributed by atoms with Crippen LogP contribution in [0, 0.1) is 0 Å². The number of hydrogen-bond acceptors (Lipinski definition) is 5. The molecule has 2 N–H and O–H groups in total. The van der Waals surface area contributed by atoms with Crippen LogP contribution in [0.1, 0.15) is 57.5 Å². The van der Waals surface area contributed by atoms with Gasteiger partial charge in [0.05, 0.1) is 12.7 Å². The molecule has 142 valence electrons. The number of unbranched alkanes of at least 4 members (excludes halogenated alkanes) is 2. The van der Waals surface area contributed by atoms with Gasteiger partial charge in [-0.1, -0.05) is 25.8 Å². The molecule has 1 aromatic heterocycles. The number of carbonyl (C=O) groups is 3. The van der Waals surface area contributed by atoms with Gasteiger partial charge in [0.25, 0.3) is 11.8 Å². The van der Waals surface area contributed by atoms with Gasteiger partial charge in [-0.15, -0.1) is 0 Å². The maximum atomic E-state index is 12.4. The summed E-state index contributed by atoms with van der Waals surface area (Å²) in [4.78, 5) is 40.0. The first-order chi connectivity index (χ1) is 13.0. The zero-order valence-corrected chi connectivity index (χ0v) is 15.5. The molecule has 27 heavy (non-hydrogen) atoms. The maximum absolute atomic E-state index is 12.4. The number of anilines is 1. The van der Waals surface area contributed by atoms with E-state index in [1.807, 2.05) is 0 Å². The van der Waals surface area contributed by atoms with Gasteiger partial charge in [0, 0.05) is 12.2 Å². The van der Waals surface area contributed by atoms with Crippen molar-refractivity contribution in [2.24, 2.45) is 0 Å². The van der Waals surface area contributed by atoms with Crippen LogP contribution < -0.4 is 10.6 Å². The summed E-state index contributed by atoms with van der Waals surface area (Å²) in [6, 6.07) is 11.0. The first-order valence-corrected chi connectivity index (χ1v) is 8.80. The van der Waals surface area contributed by atoms with E-state index in [0.29, 0.717) is 17.8 Å². The van der Waals surface area contributed by atoms with Crippen molar-refractivity contribution < 1.29 is 19.1 Å². The fourth-order valence-electron chi connectivity index (χ4n) is 2.36. The summed E-state index contributed by atoms with van der Waals surface area (Å²) in [5.41, 5.74) is 1.22. The van der Waals surface area contributed by atoms with Crippen molar-refractivity contribution in [2.45, 2.75) is 26.2 Å². The van der Waals surface area contributed by atoms with Crippen LogP contribution >= 0.6 is 0 Å². The van der Waals surface area contributed by atoms with Crippen molar-refractivity contribution in [1.29, 1.82) is 0 Å². The van der Waals surface area contributed by atoms with Crippen molar-refractivity contribution in [2.75, 3.05) is 19.0 Å². The lowest BCUT2D eigenvalue weighted by Crippen LogP contribution is -2.26. The van der Waals surface area contributed by atoms with E-state index in [2.05, 4.69) is 27.3 Å². The molecule has 0 atom stereocenters. The molecule has 0 fully saturated rings. The average molecular weight is 369 g/mol. The first-order valence-electron chi connectivity index (χ1n) is 8.80. The predicted molar refractivity (Wildman–Crippen MR) is 102 cm³/mol. The molecule has 0 bridgehead atoms. The highest BCUT2D eigenvalue weighted by molar-refractivity contribution is 6.04.